The maximum Gasteiger partial charge on any atom is 0.407 e. The predicted octanol–water partition coefficient (Wildman–Crippen LogP) is 4.02. The second-order valence-corrected chi connectivity index (χ2v) is 8.97. The van der Waals surface area contributed by atoms with Gasteiger partial charge in [0.2, 0.25) is 5.91 Å². The molecule has 7 nitrogen and oxygen atoms in total. The van der Waals surface area contributed by atoms with Gasteiger partial charge in [-0.2, -0.15) is 0 Å². The molecule has 1 saturated carbocycles. The average molecular weight is 451 g/mol. The topological polar surface area (TPSA) is 95.9 Å². The molecule has 0 saturated heterocycles. The second kappa shape index (κ2) is 10.1. The van der Waals surface area contributed by atoms with Crippen LogP contribution < -0.4 is 5.32 Å². The first kappa shape index (κ1) is 22.8. The largest absolute Gasteiger partial charge is 0.481 e. The Bertz CT molecular complexity index is 987. The van der Waals surface area contributed by atoms with Gasteiger partial charge in [0.25, 0.3) is 0 Å². The van der Waals surface area contributed by atoms with Crippen LogP contribution in [0.2, 0.25) is 0 Å². The maximum atomic E-state index is 12.8. The van der Waals surface area contributed by atoms with E-state index in [1.807, 2.05) is 36.4 Å². The van der Waals surface area contributed by atoms with E-state index in [9.17, 15) is 19.5 Å². The number of rotatable bonds is 9. The lowest BCUT2D eigenvalue weighted by atomic mass is 9.83. The molecule has 2 aliphatic rings. The normalized spacial score (nSPS) is 15.7. The van der Waals surface area contributed by atoms with Crippen molar-refractivity contribution in [3.8, 4) is 11.1 Å². The van der Waals surface area contributed by atoms with Crippen molar-refractivity contribution in [3.05, 3.63) is 59.7 Å². The number of alkyl carbamates (subject to hydrolysis) is 1. The van der Waals surface area contributed by atoms with Crippen molar-refractivity contribution >= 4 is 18.0 Å². The number of aliphatic carboxylic acids is 1. The fraction of sp³-hybridized carbons (Fsp3) is 0.423. The molecular weight excluding hydrogens is 420 g/mol. The number of nitrogens with zero attached hydrogens (tertiary/aromatic N) is 1. The van der Waals surface area contributed by atoms with E-state index < -0.39 is 30.4 Å². The molecule has 2 N–H and O–H groups in total. The number of amides is 2. The van der Waals surface area contributed by atoms with Crippen molar-refractivity contribution in [2.24, 2.45) is 5.92 Å². The number of hydrogen-bond acceptors (Lipinski definition) is 4. The van der Waals surface area contributed by atoms with Gasteiger partial charge in [-0.05, 0) is 34.6 Å². The number of carboxylic acids is 1. The van der Waals surface area contributed by atoms with Crippen LogP contribution in [0.25, 0.3) is 11.1 Å². The van der Waals surface area contributed by atoms with Gasteiger partial charge in [0, 0.05) is 19.5 Å². The highest BCUT2D eigenvalue weighted by molar-refractivity contribution is 5.89. The zero-order valence-electron chi connectivity index (χ0n) is 18.8. The summed E-state index contributed by atoms with van der Waals surface area (Å²) in [6.45, 7) is 0.650. The van der Waals surface area contributed by atoms with Gasteiger partial charge in [-0.1, -0.05) is 67.8 Å². The number of nitrogens with one attached hydrogen (secondary N) is 1. The van der Waals surface area contributed by atoms with Crippen LogP contribution in [-0.2, 0) is 14.3 Å². The van der Waals surface area contributed by atoms with Crippen LogP contribution in [0, 0.1) is 5.92 Å². The number of fused-ring (bicyclic) bond motifs is 3. The Balaban J connectivity index is 1.37. The van der Waals surface area contributed by atoms with Gasteiger partial charge >= 0.3 is 12.1 Å². The third kappa shape index (κ3) is 5.18. The minimum absolute atomic E-state index is 0.103. The predicted molar refractivity (Wildman–Crippen MR) is 124 cm³/mol. The number of likely N-dealkylation sites (N-methyl/N-ethyl adjacent to an activating group) is 1. The summed E-state index contributed by atoms with van der Waals surface area (Å²) in [7, 11) is 1.65. The number of carboxylic acid groups (broad SMARTS) is 1. The molecule has 2 aromatic carbocycles. The Morgan fingerprint density at radius 1 is 1.06 bits per heavy atom. The lowest BCUT2D eigenvalue weighted by molar-refractivity contribution is -0.142. The summed E-state index contributed by atoms with van der Waals surface area (Å²) >= 11 is 0. The Labute approximate surface area is 193 Å². The van der Waals surface area contributed by atoms with Gasteiger partial charge in [-0.15, -0.1) is 0 Å². The van der Waals surface area contributed by atoms with Gasteiger partial charge in [-0.3, -0.25) is 9.59 Å². The molecule has 2 aromatic rings. The third-order valence-electron chi connectivity index (χ3n) is 6.79. The Hall–Kier alpha value is -3.35. The van der Waals surface area contributed by atoms with E-state index in [1.54, 1.807) is 7.05 Å². The lowest BCUT2D eigenvalue weighted by Gasteiger charge is -2.29. The first-order valence-electron chi connectivity index (χ1n) is 11.5. The van der Waals surface area contributed by atoms with Gasteiger partial charge in [0.05, 0.1) is 6.42 Å². The summed E-state index contributed by atoms with van der Waals surface area (Å²) in [5.41, 5.74) is 4.41. The molecule has 1 fully saturated rings. The molecular formula is C26H30N2O5. The number of carbonyl (C=O) groups is 3. The van der Waals surface area contributed by atoms with Gasteiger partial charge < -0.3 is 20.1 Å². The van der Waals surface area contributed by atoms with Crippen LogP contribution >= 0.6 is 0 Å². The SMILES string of the molecule is CN(CCC1CCC1)C(=O)C(CC(=O)O)NC(=O)OCC1c2ccccc2-c2ccccc21. The first-order chi connectivity index (χ1) is 15.9. The number of hydrogen-bond donors (Lipinski definition) is 2. The van der Waals surface area contributed by atoms with Crippen molar-refractivity contribution in [2.75, 3.05) is 20.2 Å². The average Bonchev–Trinajstić information content (AvgIpc) is 3.09. The molecule has 0 heterocycles. The van der Waals surface area contributed by atoms with E-state index in [-0.39, 0.29) is 12.5 Å². The molecule has 1 atom stereocenters. The smallest absolute Gasteiger partial charge is 0.407 e. The third-order valence-corrected chi connectivity index (χ3v) is 6.79. The van der Waals surface area contributed by atoms with Crippen LogP contribution in [0.5, 0.6) is 0 Å². The summed E-state index contributed by atoms with van der Waals surface area (Å²) in [5.74, 6) is -1.04. The highest BCUT2D eigenvalue weighted by Crippen LogP contribution is 2.44. The van der Waals surface area contributed by atoms with Crippen molar-refractivity contribution in [2.45, 2.75) is 44.1 Å². The van der Waals surface area contributed by atoms with E-state index in [2.05, 4.69) is 17.4 Å². The van der Waals surface area contributed by atoms with Crippen molar-refractivity contribution in [1.29, 1.82) is 0 Å². The van der Waals surface area contributed by atoms with Gasteiger partial charge in [0.15, 0.2) is 0 Å². The highest BCUT2D eigenvalue weighted by atomic mass is 16.5. The molecule has 0 radical (unpaired) electrons. The number of benzene rings is 2. The molecule has 33 heavy (non-hydrogen) atoms. The van der Waals surface area contributed by atoms with E-state index in [4.69, 9.17) is 4.74 Å². The minimum Gasteiger partial charge on any atom is -0.481 e. The van der Waals surface area contributed by atoms with Crippen LogP contribution in [0.15, 0.2) is 48.5 Å². The van der Waals surface area contributed by atoms with Crippen LogP contribution in [-0.4, -0.2) is 54.2 Å². The summed E-state index contributed by atoms with van der Waals surface area (Å²) in [6, 6.07) is 14.9. The van der Waals surface area contributed by atoms with E-state index in [0.29, 0.717) is 12.5 Å². The summed E-state index contributed by atoms with van der Waals surface area (Å²) in [4.78, 5) is 38.2. The molecule has 174 valence electrons. The van der Waals surface area contributed by atoms with Crippen molar-refractivity contribution in [1.82, 2.24) is 10.2 Å². The molecule has 1 unspecified atom stereocenters. The molecule has 0 spiro atoms. The Morgan fingerprint density at radius 2 is 1.67 bits per heavy atom. The van der Waals surface area contributed by atoms with Crippen molar-refractivity contribution < 1.29 is 24.2 Å². The fourth-order valence-electron chi connectivity index (χ4n) is 4.69. The van der Waals surface area contributed by atoms with Crippen LogP contribution in [0.3, 0.4) is 0 Å². The summed E-state index contributed by atoms with van der Waals surface area (Å²) in [5, 5.41) is 11.7. The number of carbonyl (C=O) groups excluding carboxylic acids is 2. The molecule has 2 amide bonds. The van der Waals surface area contributed by atoms with Gasteiger partial charge in [-0.25, -0.2) is 4.79 Å². The fourth-order valence-corrected chi connectivity index (χ4v) is 4.69. The molecule has 0 aliphatic heterocycles. The molecule has 7 heteroatoms. The monoisotopic (exact) mass is 450 g/mol. The minimum atomic E-state index is -1.16. The zero-order valence-corrected chi connectivity index (χ0v) is 18.8. The zero-order chi connectivity index (χ0) is 23.4. The summed E-state index contributed by atoms with van der Waals surface area (Å²) < 4.78 is 5.49. The number of ether oxygens (including phenoxy) is 1. The highest BCUT2D eigenvalue weighted by Gasteiger charge is 2.31. The van der Waals surface area contributed by atoms with E-state index in [1.165, 1.54) is 24.2 Å². The Morgan fingerprint density at radius 3 is 2.21 bits per heavy atom. The maximum absolute atomic E-state index is 12.8. The summed E-state index contributed by atoms with van der Waals surface area (Å²) in [6.07, 6.45) is 3.21. The molecule has 4 rings (SSSR count). The van der Waals surface area contributed by atoms with E-state index in [0.717, 1.165) is 28.7 Å². The molecule has 2 aliphatic carbocycles. The Kier molecular flexibility index (Phi) is 6.96. The van der Waals surface area contributed by atoms with Crippen LogP contribution in [0.1, 0.15) is 49.1 Å². The lowest BCUT2D eigenvalue weighted by Crippen LogP contribution is -2.49. The van der Waals surface area contributed by atoms with Crippen LogP contribution in [0.4, 0.5) is 4.79 Å². The molecule has 0 aromatic heterocycles. The standard InChI is InChI=1S/C26H30N2O5/c1-28(14-13-17-7-6-8-17)25(31)23(15-24(29)30)27-26(32)33-16-22-20-11-4-2-9-18(20)19-10-3-5-12-21(19)22/h2-5,9-12,17,22-23H,6-8,13-16H2,1H3,(H,27,32)(H,29,30). The van der Waals surface area contributed by atoms with E-state index >= 15 is 0 Å². The second-order valence-electron chi connectivity index (χ2n) is 8.97. The first-order valence-corrected chi connectivity index (χ1v) is 11.5. The quantitative estimate of drug-likeness (QED) is 0.602. The molecule has 0 bridgehead atoms. The van der Waals surface area contributed by atoms with Gasteiger partial charge in [0.1, 0.15) is 12.6 Å². The van der Waals surface area contributed by atoms with Crippen molar-refractivity contribution in [3.63, 3.8) is 0 Å².